The minimum Gasteiger partial charge on any atom is -0.494 e. The SMILES string of the molecule is CCc1cc(C(=O)OC)c(OC)c(NCCc2ccc(F)cc2)c1N. The van der Waals surface area contributed by atoms with Crippen molar-refractivity contribution >= 4 is 17.3 Å². The summed E-state index contributed by atoms with van der Waals surface area (Å²) >= 11 is 0. The Morgan fingerprint density at radius 1 is 1.24 bits per heavy atom. The molecule has 0 unspecified atom stereocenters. The highest BCUT2D eigenvalue weighted by atomic mass is 19.1. The van der Waals surface area contributed by atoms with E-state index in [4.69, 9.17) is 15.2 Å². The molecule has 2 aromatic carbocycles. The van der Waals surface area contributed by atoms with Crippen molar-refractivity contribution in [2.75, 3.05) is 31.8 Å². The molecule has 0 saturated carbocycles. The predicted molar refractivity (Wildman–Crippen MR) is 96.7 cm³/mol. The van der Waals surface area contributed by atoms with Crippen LogP contribution in [0.5, 0.6) is 5.75 Å². The molecule has 0 atom stereocenters. The Labute approximate surface area is 146 Å². The molecule has 2 rings (SSSR count). The summed E-state index contributed by atoms with van der Waals surface area (Å²) in [6.45, 7) is 2.52. The van der Waals surface area contributed by atoms with Crippen LogP contribution < -0.4 is 15.8 Å². The summed E-state index contributed by atoms with van der Waals surface area (Å²) in [7, 11) is 2.81. The Balaban J connectivity index is 2.28. The van der Waals surface area contributed by atoms with Gasteiger partial charge in [0.15, 0.2) is 5.75 Å². The molecule has 5 nitrogen and oxygen atoms in total. The standard InChI is InChI=1S/C19H23FN2O3/c1-4-13-11-15(19(23)25-3)18(24-2)17(16(13)21)22-10-9-12-5-7-14(20)8-6-12/h5-8,11,22H,4,9-10,21H2,1-3H3. The van der Waals surface area contributed by atoms with Gasteiger partial charge in [0.1, 0.15) is 17.1 Å². The third kappa shape index (κ3) is 4.21. The van der Waals surface area contributed by atoms with Crippen molar-refractivity contribution in [3.63, 3.8) is 0 Å². The van der Waals surface area contributed by atoms with Crippen LogP contribution in [0.3, 0.4) is 0 Å². The van der Waals surface area contributed by atoms with Crippen LogP contribution in [0, 0.1) is 5.82 Å². The highest BCUT2D eigenvalue weighted by molar-refractivity contribution is 5.98. The molecular weight excluding hydrogens is 323 g/mol. The van der Waals surface area contributed by atoms with Crippen LogP contribution in [0.4, 0.5) is 15.8 Å². The van der Waals surface area contributed by atoms with Gasteiger partial charge in [-0.3, -0.25) is 0 Å². The summed E-state index contributed by atoms with van der Waals surface area (Å²) in [6.07, 6.45) is 1.35. The number of halogens is 1. The number of ether oxygens (including phenoxy) is 2. The highest BCUT2D eigenvalue weighted by Crippen LogP contribution is 2.38. The molecule has 134 valence electrons. The van der Waals surface area contributed by atoms with Gasteiger partial charge < -0.3 is 20.5 Å². The molecule has 0 heterocycles. The zero-order chi connectivity index (χ0) is 18.4. The molecule has 0 fully saturated rings. The average Bonchev–Trinajstić information content (AvgIpc) is 2.63. The minimum absolute atomic E-state index is 0.263. The number of methoxy groups -OCH3 is 2. The molecule has 0 radical (unpaired) electrons. The van der Waals surface area contributed by atoms with Gasteiger partial charge in [0, 0.05) is 6.54 Å². The number of nitrogen functional groups attached to an aromatic ring is 1. The lowest BCUT2D eigenvalue weighted by Gasteiger charge is -2.19. The van der Waals surface area contributed by atoms with E-state index in [-0.39, 0.29) is 5.82 Å². The van der Waals surface area contributed by atoms with Gasteiger partial charge >= 0.3 is 5.97 Å². The van der Waals surface area contributed by atoms with Crippen LogP contribution in [0.1, 0.15) is 28.4 Å². The molecule has 0 aliphatic carbocycles. The second-order valence-electron chi connectivity index (χ2n) is 5.55. The fourth-order valence-electron chi connectivity index (χ4n) is 2.66. The van der Waals surface area contributed by atoms with E-state index in [0.717, 1.165) is 11.1 Å². The molecule has 0 saturated heterocycles. The summed E-state index contributed by atoms with van der Waals surface area (Å²) in [5.41, 5.74) is 9.52. The summed E-state index contributed by atoms with van der Waals surface area (Å²) in [5.74, 6) is -0.380. The van der Waals surface area contributed by atoms with Crippen LogP contribution in [-0.4, -0.2) is 26.7 Å². The van der Waals surface area contributed by atoms with E-state index >= 15 is 0 Å². The topological polar surface area (TPSA) is 73.6 Å². The first-order valence-corrected chi connectivity index (χ1v) is 8.07. The molecule has 0 bridgehead atoms. The molecule has 0 aliphatic heterocycles. The van der Waals surface area contributed by atoms with E-state index in [1.54, 1.807) is 18.2 Å². The van der Waals surface area contributed by atoms with Crippen LogP contribution in [0.25, 0.3) is 0 Å². The Morgan fingerprint density at radius 3 is 2.48 bits per heavy atom. The van der Waals surface area contributed by atoms with Gasteiger partial charge in [-0.1, -0.05) is 19.1 Å². The first-order valence-electron chi connectivity index (χ1n) is 8.07. The maximum absolute atomic E-state index is 13.0. The van der Waals surface area contributed by atoms with Crippen LogP contribution in [0.2, 0.25) is 0 Å². The number of rotatable bonds is 7. The number of hydrogen-bond donors (Lipinski definition) is 2. The molecule has 2 aromatic rings. The van der Waals surface area contributed by atoms with Crippen LogP contribution >= 0.6 is 0 Å². The number of carbonyl (C=O) groups is 1. The molecule has 3 N–H and O–H groups in total. The summed E-state index contributed by atoms with van der Waals surface area (Å²) < 4.78 is 23.2. The predicted octanol–water partition coefficient (Wildman–Crippen LogP) is 3.42. The zero-order valence-electron chi connectivity index (χ0n) is 14.7. The van der Waals surface area contributed by atoms with Crippen molar-refractivity contribution in [3.8, 4) is 5.75 Å². The number of aryl methyl sites for hydroxylation is 1. The average molecular weight is 346 g/mol. The van der Waals surface area contributed by atoms with Crippen LogP contribution in [0.15, 0.2) is 30.3 Å². The van der Waals surface area contributed by atoms with Crippen molar-refractivity contribution in [2.24, 2.45) is 0 Å². The third-order valence-corrected chi connectivity index (χ3v) is 4.02. The number of nitrogens with one attached hydrogen (secondary N) is 1. The fourth-order valence-corrected chi connectivity index (χ4v) is 2.66. The monoisotopic (exact) mass is 346 g/mol. The van der Waals surface area contributed by atoms with Crippen molar-refractivity contribution in [1.82, 2.24) is 0 Å². The number of benzene rings is 2. The Bertz CT molecular complexity index is 745. The number of hydrogen-bond acceptors (Lipinski definition) is 5. The first-order chi connectivity index (χ1) is 12.0. The summed E-state index contributed by atoms with van der Waals surface area (Å²) in [4.78, 5) is 12.0. The zero-order valence-corrected chi connectivity index (χ0v) is 14.7. The molecule has 0 aliphatic rings. The van der Waals surface area contributed by atoms with Gasteiger partial charge in [0.25, 0.3) is 0 Å². The molecule has 0 amide bonds. The third-order valence-electron chi connectivity index (χ3n) is 4.02. The van der Waals surface area contributed by atoms with E-state index in [1.807, 2.05) is 6.92 Å². The first kappa shape index (κ1) is 18.6. The van der Waals surface area contributed by atoms with E-state index in [2.05, 4.69) is 5.32 Å². The number of nitrogens with two attached hydrogens (primary N) is 1. The lowest BCUT2D eigenvalue weighted by atomic mass is 10.0. The van der Waals surface area contributed by atoms with Crippen LogP contribution in [-0.2, 0) is 17.6 Å². The highest BCUT2D eigenvalue weighted by Gasteiger charge is 2.21. The molecule has 0 aromatic heterocycles. The lowest BCUT2D eigenvalue weighted by Crippen LogP contribution is -2.13. The fraction of sp³-hybridized carbons (Fsp3) is 0.316. The quantitative estimate of drug-likeness (QED) is 0.594. The number of anilines is 2. The van der Waals surface area contributed by atoms with Gasteiger partial charge in [-0.25, -0.2) is 9.18 Å². The summed E-state index contributed by atoms with van der Waals surface area (Å²) in [5, 5.41) is 3.24. The van der Waals surface area contributed by atoms with Gasteiger partial charge in [-0.05, 0) is 42.2 Å². The molecule has 0 spiro atoms. The maximum atomic E-state index is 13.0. The second-order valence-corrected chi connectivity index (χ2v) is 5.55. The Hall–Kier alpha value is -2.76. The second kappa shape index (κ2) is 8.37. The van der Waals surface area contributed by atoms with Crippen molar-refractivity contribution in [2.45, 2.75) is 19.8 Å². The summed E-state index contributed by atoms with van der Waals surface area (Å²) in [6, 6.07) is 8.03. The van der Waals surface area contributed by atoms with Crippen molar-refractivity contribution in [1.29, 1.82) is 0 Å². The maximum Gasteiger partial charge on any atom is 0.341 e. The smallest absolute Gasteiger partial charge is 0.341 e. The normalized spacial score (nSPS) is 10.4. The van der Waals surface area contributed by atoms with Crippen molar-refractivity contribution < 1.29 is 18.7 Å². The van der Waals surface area contributed by atoms with E-state index in [1.165, 1.54) is 26.4 Å². The van der Waals surface area contributed by atoms with Gasteiger partial charge in [0.2, 0.25) is 0 Å². The van der Waals surface area contributed by atoms with E-state index in [9.17, 15) is 9.18 Å². The molecule has 6 heteroatoms. The molecular formula is C19H23FN2O3. The van der Waals surface area contributed by atoms with Crippen molar-refractivity contribution in [3.05, 3.63) is 52.8 Å². The Morgan fingerprint density at radius 2 is 1.92 bits per heavy atom. The Kier molecular flexibility index (Phi) is 6.22. The van der Waals surface area contributed by atoms with Gasteiger partial charge in [0.05, 0.1) is 19.9 Å². The number of esters is 1. The lowest BCUT2D eigenvalue weighted by molar-refractivity contribution is 0.0597. The largest absolute Gasteiger partial charge is 0.494 e. The van der Waals surface area contributed by atoms with Gasteiger partial charge in [-0.2, -0.15) is 0 Å². The molecule has 25 heavy (non-hydrogen) atoms. The van der Waals surface area contributed by atoms with E-state index < -0.39 is 5.97 Å². The minimum atomic E-state index is -0.479. The van der Waals surface area contributed by atoms with Gasteiger partial charge in [-0.15, -0.1) is 0 Å². The number of carbonyl (C=O) groups excluding carboxylic acids is 1. The van der Waals surface area contributed by atoms with E-state index in [0.29, 0.717) is 42.1 Å².